The molecule has 0 amide bonds. The summed E-state index contributed by atoms with van der Waals surface area (Å²) in [7, 11) is 0. The van der Waals surface area contributed by atoms with Gasteiger partial charge in [-0.05, 0) is 72.7 Å². The third-order valence-corrected chi connectivity index (χ3v) is 6.53. The van der Waals surface area contributed by atoms with Crippen LogP contribution in [0.4, 0.5) is 0 Å². The highest BCUT2D eigenvalue weighted by atomic mass is 14.7. The van der Waals surface area contributed by atoms with E-state index in [9.17, 15) is 0 Å². The minimum absolute atomic E-state index is 0.594. The fourth-order valence-electron chi connectivity index (χ4n) is 4.95. The summed E-state index contributed by atoms with van der Waals surface area (Å²) in [5.41, 5.74) is 6.67. The quantitative estimate of drug-likeness (QED) is 0.441. The van der Waals surface area contributed by atoms with Crippen LogP contribution < -0.4 is 0 Å². The molecule has 0 spiro atoms. The maximum absolute atomic E-state index is 4.81. The minimum atomic E-state index is 0.594. The summed E-state index contributed by atoms with van der Waals surface area (Å²) in [6, 6.07) is 16.3. The van der Waals surface area contributed by atoms with Gasteiger partial charge in [-0.25, -0.2) is 0 Å². The normalized spacial score (nSPS) is 16.4. The van der Waals surface area contributed by atoms with Crippen molar-refractivity contribution >= 4 is 10.8 Å². The van der Waals surface area contributed by atoms with Crippen LogP contribution in [0, 0.1) is 6.92 Å². The Morgan fingerprint density at radius 1 is 1.00 bits per heavy atom. The number of pyridine rings is 1. The van der Waals surface area contributed by atoms with Gasteiger partial charge in [0.15, 0.2) is 0 Å². The van der Waals surface area contributed by atoms with Crippen LogP contribution in [0.15, 0.2) is 48.7 Å². The zero-order valence-corrected chi connectivity index (χ0v) is 17.7. The Balaban J connectivity index is 1.75. The first-order chi connectivity index (χ1) is 13.7. The third-order valence-electron chi connectivity index (χ3n) is 6.53. The maximum Gasteiger partial charge on any atom is 0.0780 e. The van der Waals surface area contributed by atoms with E-state index in [0.29, 0.717) is 5.92 Å². The van der Waals surface area contributed by atoms with Crippen LogP contribution in [0.3, 0.4) is 0 Å². The van der Waals surface area contributed by atoms with E-state index in [1.54, 1.807) is 0 Å². The van der Waals surface area contributed by atoms with Crippen molar-refractivity contribution in [2.75, 3.05) is 0 Å². The Morgan fingerprint density at radius 2 is 1.82 bits per heavy atom. The van der Waals surface area contributed by atoms with E-state index in [-0.39, 0.29) is 0 Å². The summed E-state index contributed by atoms with van der Waals surface area (Å²) in [6.07, 6.45) is 11.3. The van der Waals surface area contributed by atoms with Crippen molar-refractivity contribution in [1.82, 2.24) is 4.98 Å². The lowest BCUT2D eigenvalue weighted by molar-refractivity contribution is 0.444. The van der Waals surface area contributed by atoms with Gasteiger partial charge in [0.05, 0.1) is 5.69 Å². The molecule has 1 nitrogen and oxygen atoms in total. The molecule has 1 unspecified atom stereocenters. The molecular formula is C27H33N. The van der Waals surface area contributed by atoms with Crippen LogP contribution in [0.1, 0.15) is 87.3 Å². The van der Waals surface area contributed by atoms with Crippen molar-refractivity contribution in [3.8, 4) is 11.3 Å². The van der Waals surface area contributed by atoms with E-state index >= 15 is 0 Å². The van der Waals surface area contributed by atoms with E-state index < -0.39 is 0 Å². The number of hydrogen-bond acceptors (Lipinski definition) is 1. The largest absolute Gasteiger partial charge is 0.256 e. The van der Waals surface area contributed by atoms with Gasteiger partial charge in [0.2, 0.25) is 0 Å². The lowest BCUT2D eigenvalue weighted by Crippen LogP contribution is -2.04. The molecule has 1 aliphatic rings. The van der Waals surface area contributed by atoms with Crippen molar-refractivity contribution in [1.29, 1.82) is 0 Å². The molecule has 1 atom stereocenters. The van der Waals surface area contributed by atoms with Crippen LogP contribution in [-0.4, -0.2) is 4.98 Å². The van der Waals surface area contributed by atoms with Gasteiger partial charge in [-0.1, -0.05) is 69.4 Å². The summed E-state index contributed by atoms with van der Waals surface area (Å²) in [4.78, 5) is 4.81. The number of nitrogens with zero attached hydrogens (tertiary/aromatic N) is 1. The van der Waals surface area contributed by atoms with Crippen LogP contribution >= 0.6 is 0 Å². The Labute approximate surface area is 170 Å². The van der Waals surface area contributed by atoms with E-state index in [1.165, 1.54) is 78.0 Å². The predicted octanol–water partition coefficient (Wildman–Crippen LogP) is 8.16. The number of fused-ring (bicyclic) bond motifs is 1. The molecule has 28 heavy (non-hydrogen) atoms. The van der Waals surface area contributed by atoms with E-state index in [2.05, 4.69) is 63.2 Å². The topological polar surface area (TPSA) is 12.9 Å². The van der Waals surface area contributed by atoms with E-state index in [0.717, 1.165) is 11.6 Å². The van der Waals surface area contributed by atoms with Gasteiger partial charge >= 0.3 is 0 Å². The zero-order chi connectivity index (χ0) is 19.5. The standard InChI is InChI=1S/C27H33N/c1-4-8-20(3)24-15-19(2)16-25(18-24)27-26-12-11-22(17-23(26)13-14-28-27)21-9-6-5-7-10-21/h11-18,20-21H,4-10H2,1-3H3. The molecule has 0 bridgehead atoms. The van der Waals surface area contributed by atoms with Crippen molar-refractivity contribution in [2.24, 2.45) is 0 Å². The summed E-state index contributed by atoms with van der Waals surface area (Å²) < 4.78 is 0. The monoisotopic (exact) mass is 371 g/mol. The molecule has 1 heteroatoms. The molecule has 0 aliphatic heterocycles. The predicted molar refractivity (Wildman–Crippen MR) is 121 cm³/mol. The molecule has 1 heterocycles. The highest BCUT2D eigenvalue weighted by molar-refractivity contribution is 5.95. The lowest BCUT2D eigenvalue weighted by Gasteiger charge is -2.22. The molecule has 1 saturated carbocycles. The Morgan fingerprint density at radius 3 is 2.61 bits per heavy atom. The molecule has 0 radical (unpaired) electrons. The molecule has 1 aliphatic carbocycles. The third kappa shape index (κ3) is 3.99. The highest BCUT2D eigenvalue weighted by Crippen LogP contribution is 2.36. The molecule has 2 aromatic carbocycles. The van der Waals surface area contributed by atoms with Crippen molar-refractivity contribution < 1.29 is 0 Å². The Kier molecular flexibility index (Phi) is 5.80. The smallest absolute Gasteiger partial charge is 0.0780 e. The van der Waals surface area contributed by atoms with E-state index in [4.69, 9.17) is 4.98 Å². The van der Waals surface area contributed by atoms with Gasteiger partial charge in [0.25, 0.3) is 0 Å². The molecule has 4 rings (SSSR count). The summed E-state index contributed by atoms with van der Waals surface area (Å²) in [5.74, 6) is 1.34. The fraction of sp³-hybridized carbons (Fsp3) is 0.444. The molecule has 0 N–H and O–H groups in total. The average Bonchev–Trinajstić information content (AvgIpc) is 2.73. The first kappa shape index (κ1) is 19.2. The molecule has 1 fully saturated rings. The summed E-state index contributed by atoms with van der Waals surface area (Å²) in [5, 5.41) is 2.61. The molecule has 0 saturated heterocycles. The first-order valence-electron chi connectivity index (χ1n) is 11.2. The summed E-state index contributed by atoms with van der Waals surface area (Å²) >= 11 is 0. The number of hydrogen-bond donors (Lipinski definition) is 0. The van der Waals surface area contributed by atoms with Gasteiger partial charge in [-0.15, -0.1) is 0 Å². The van der Waals surface area contributed by atoms with Crippen LogP contribution in [0.25, 0.3) is 22.0 Å². The number of benzene rings is 2. The molecule has 3 aromatic rings. The second-order valence-corrected chi connectivity index (χ2v) is 8.80. The number of aryl methyl sites for hydroxylation is 1. The SMILES string of the molecule is CCCC(C)c1cc(C)cc(-c2nccc3cc(C4CCCCC4)ccc23)c1. The fourth-order valence-corrected chi connectivity index (χ4v) is 4.95. The molecule has 1 aromatic heterocycles. The zero-order valence-electron chi connectivity index (χ0n) is 17.7. The average molecular weight is 372 g/mol. The van der Waals surface area contributed by atoms with Crippen LogP contribution in [0.2, 0.25) is 0 Å². The Bertz CT molecular complexity index is 950. The lowest BCUT2D eigenvalue weighted by atomic mass is 9.83. The van der Waals surface area contributed by atoms with Gasteiger partial charge in [-0.3, -0.25) is 4.98 Å². The maximum atomic E-state index is 4.81. The minimum Gasteiger partial charge on any atom is -0.256 e. The van der Waals surface area contributed by atoms with Crippen molar-refractivity contribution in [2.45, 2.75) is 77.6 Å². The van der Waals surface area contributed by atoms with Crippen molar-refractivity contribution in [3.05, 3.63) is 65.4 Å². The van der Waals surface area contributed by atoms with Gasteiger partial charge in [0, 0.05) is 17.1 Å². The highest BCUT2D eigenvalue weighted by Gasteiger charge is 2.17. The summed E-state index contributed by atoms with van der Waals surface area (Å²) in [6.45, 7) is 6.82. The van der Waals surface area contributed by atoms with Crippen molar-refractivity contribution in [3.63, 3.8) is 0 Å². The molecule has 146 valence electrons. The number of rotatable bonds is 5. The number of aromatic nitrogens is 1. The molecular weight excluding hydrogens is 338 g/mol. The second-order valence-electron chi connectivity index (χ2n) is 8.80. The second kappa shape index (κ2) is 8.47. The van der Waals surface area contributed by atoms with Gasteiger partial charge in [0.1, 0.15) is 0 Å². The first-order valence-corrected chi connectivity index (χ1v) is 11.2. The van der Waals surface area contributed by atoms with Gasteiger partial charge in [-0.2, -0.15) is 0 Å². The van der Waals surface area contributed by atoms with Gasteiger partial charge < -0.3 is 0 Å². The van der Waals surface area contributed by atoms with Crippen LogP contribution in [0.5, 0.6) is 0 Å². The van der Waals surface area contributed by atoms with Crippen LogP contribution in [-0.2, 0) is 0 Å². The Hall–Kier alpha value is -2.15. The van der Waals surface area contributed by atoms with E-state index in [1.807, 2.05) is 6.20 Å².